The van der Waals surface area contributed by atoms with E-state index in [1.54, 1.807) is 11.8 Å². The predicted octanol–water partition coefficient (Wildman–Crippen LogP) is 2.45. The molecule has 0 atom stereocenters. The molecular weight excluding hydrogens is 432 g/mol. The fraction of sp³-hybridized carbons (Fsp3) is 0.957. The van der Waals surface area contributed by atoms with Gasteiger partial charge >= 0.3 is 0 Å². The number of nitrogens with zero attached hydrogens (tertiary/aromatic N) is 1. The number of carbonyl (C=O) groups is 1. The van der Waals surface area contributed by atoms with Crippen LogP contribution in [0.5, 0.6) is 0 Å². The quantitative estimate of drug-likeness (QED) is 0.211. The Bertz CT molecular complexity index is 429. The molecule has 0 aromatic carbocycles. The lowest BCUT2D eigenvalue weighted by Crippen LogP contribution is -2.37. The van der Waals surface area contributed by atoms with Gasteiger partial charge in [-0.2, -0.15) is 0 Å². The van der Waals surface area contributed by atoms with Crippen molar-refractivity contribution in [3.63, 3.8) is 0 Å². The van der Waals surface area contributed by atoms with E-state index < -0.39 is 0 Å². The standard InChI is InChI=1S/C23H48N2O6S/c1-6-8-11-28-14-16-30-18-19-31-17-15-29-12-9-24-22(26)20-32-23(3,4)21-25(5)10-13-27-7-2/h6-21H2,1-5H3,(H,24,26). The molecule has 1 amide bonds. The van der Waals surface area contributed by atoms with Crippen molar-refractivity contribution in [1.29, 1.82) is 0 Å². The number of thioether (sulfide) groups is 1. The molecule has 9 heteroatoms. The van der Waals surface area contributed by atoms with E-state index in [0.717, 1.165) is 45.8 Å². The highest BCUT2D eigenvalue weighted by atomic mass is 32.2. The summed E-state index contributed by atoms with van der Waals surface area (Å²) >= 11 is 1.67. The summed E-state index contributed by atoms with van der Waals surface area (Å²) in [6, 6.07) is 0. The number of unbranched alkanes of at least 4 members (excludes halogenated alkanes) is 1. The Morgan fingerprint density at radius 3 is 1.97 bits per heavy atom. The Morgan fingerprint density at radius 1 is 0.844 bits per heavy atom. The van der Waals surface area contributed by atoms with E-state index in [2.05, 4.69) is 38.0 Å². The van der Waals surface area contributed by atoms with E-state index >= 15 is 0 Å². The molecule has 0 spiro atoms. The smallest absolute Gasteiger partial charge is 0.230 e. The van der Waals surface area contributed by atoms with Gasteiger partial charge in [0.2, 0.25) is 5.91 Å². The normalized spacial score (nSPS) is 11.9. The number of ether oxygens (including phenoxy) is 5. The van der Waals surface area contributed by atoms with E-state index in [1.807, 2.05) is 6.92 Å². The molecule has 0 aromatic rings. The zero-order valence-corrected chi connectivity index (χ0v) is 21.9. The zero-order chi connectivity index (χ0) is 23.9. The SMILES string of the molecule is CCCCOCCOCCOCCOCCNC(=O)CSC(C)(C)CN(C)CCOCC. The fourth-order valence-corrected chi connectivity index (χ4v) is 3.66. The third-order valence-electron chi connectivity index (χ3n) is 4.39. The Labute approximate surface area is 200 Å². The van der Waals surface area contributed by atoms with Crippen molar-refractivity contribution >= 4 is 17.7 Å². The molecule has 32 heavy (non-hydrogen) atoms. The van der Waals surface area contributed by atoms with Gasteiger partial charge in [0, 0.05) is 37.6 Å². The van der Waals surface area contributed by atoms with Crippen LogP contribution in [0.3, 0.4) is 0 Å². The van der Waals surface area contributed by atoms with E-state index in [1.165, 1.54) is 0 Å². The molecule has 0 bridgehead atoms. The zero-order valence-electron chi connectivity index (χ0n) is 21.1. The van der Waals surface area contributed by atoms with Crippen LogP contribution < -0.4 is 5.32 Å². The first kappa shape index (κ1) is 31.6. The summed E-state index contributed by atoms with van der Waals surface area (Å²) in [4.78, 5) is 14.3. The van der Waals surface area contributed by atoms with Crippen LogP contribution in [0.25, 0.3) is 0 Å². The average molecular weight is 481 g/mol. The van der Waals surface area contributed by atoms with Gasteiger partial charge in [-0.05, 0) is 34.2 Å². The van der Waals surface area contributed by atoms with E-state index in [0.29, 0.717) is 58.5 Å². The number of rotatable bonds is 24. The molecule has 0 radical (unpaired) electrons. The van der Waals surface area contributed by atoms with Gasteiger partial charge in [-0.15, -0.1) is 11.8 Å². The van der Waals surface area contributed by atoms with Crippen molar-refractivity contribution in [3.05, 3.63) is 0 Å². The summed E-state index contributed by atoms with van der Waals surface area (Å²) in [6.45, 7) is 16.9. The van der Waals surface area contributed by atoms with Gasteiger partial charge in [-0.1, -0.05) is 13.3 Å². The van der Waals surface area contributed by atoms with Gasteiger partial charge in [0.25, 0.3) is 0 Å². The number of carbonyl (C=O) groups excluding carboxylic acids is 1. The summed E-state index contributed by atoms with van der Waals surface area (Å²) in [7, 11) is 2.08. The van der Waals surface area contributed by atoms with Crippen molar-refractivity contribution in [3.8, 4) is 0 Å². The molecule has 0 aliphatic rings. The van der Waals surface area contributed by atoms with Crippen molar-refractivity contribution in [2.45, 2.75) is 45.3 Å². The maximum atomic E-state index is 12.1. The summed E-state index contributed by atoms with van der Waals surface area (Å²) in [5.74, 6) is 0.481. The number of hydrogen-bond acceptors (Lipinski definition) is 8. The van der Waals surface area contributed by atoms with Crippen LogP contribution in [-0.4, -0.2) is 114 Å². The highest BCUT2D eigenvalue weighted by molar-refractivity contribution is 8.01. The maximum absolute atomic E-state index is 12.1. The summed E-state index contributed by atoms with van der Waals surface area (Å²) in [5, 5.41) is 2.90. The molecule has 8 nitrogen and oxygen atoms in total. The molecule has 0 aliphatic heterocycles. The fourth-order valence-electron chi connectivity index (χ4n) is 2.72. The Balaban J connectivity index is 3.47. The second-order valence-electron chi connectivity index (χ2n) is 8.14. The van der Waals surface area contributed by atoms with Gasteiger partial charge in [0.15, 0.2) is 0 Å². The molecule has 0 saturated heterocycles. The molecule has 0 rings (SSSR count). The van der Waals surface area contributed by atoms with E-state index in [4.69, 9.17) is 23.7 Å². The Hall–Kier alpha value is -0.420. The minimum absolute atomic E-state index is 0.00205. The molecule has 1 N–H and O–H groups in total. The molecular formula is C23H48N2O6S. The summed E-state index contributed by atoms with van der Waals surface area (Å²) in [6.07, 6.45) is 2.24. The van der Waals surface area contributed by atoms with Crippen molar-refractivity contribution in [2.24, 2.45) is 0 Å². The average Bonchev–Trinajstić information content (AvgIpc) is 2.75. The highest BCUT2D eigenvalue weighted by Gasteiger charge is 2.21. The third kappa shape index (κ3) is 22.8. The number of nitrogens with one attached hydrogen (secondary N) is 1. The topological polar surface area (TPSA) is 78.5 Å². The largest absolute Gasteiger partial charge is 0.380 e. The van der Waals surface area contributed by atoms with Crippen LogP contribution in [0.1, 0.15) is 40.5 Å². The Kier molecular flexibility index (Phi) is 22.1. The number of amides is 1. The van der Waals surface area contributed by atoms with Gasteiger partial charge < -0.3 is 33.9 Å². The second kappa shape index (κ2) is 22.4. The number of hydrogen-bond donors (Lipinski definition) is 1. The van der Waals surface area contributed by atoms with Crippen LogP contribution in [0, 0.1) is 0 Å². The lowest BCUT2D eigenvalue weighted by Gasteiger charge is -2.29. The highest BCUT2D eigenvalue weighted by Crippen LogP contribution is 2.24. The Morgan fingerprint density at radius 2 is 1.41 bits per heavy atom. The predicted molar refractivity (Wildman–Crippen MR) is 132 cm³/mol. The molecule has 0 aromatic heterocycles. The first-order chi connectivity index (χ1) is 15.4. The van der Waals surface area contributed by atoms with Crippen LogP contribution in [0.2, 0.25) is 0 Å². The first-order valence-corrected chi connectivity index (χ1v) is 12.9. The van der Waals surface area contributed by atoms with Crippen molar-refractivity contribution in [1.82, 2.24) is 10.2 Å². The van der Waals surface area contributed by atoms with Crippen molar-refractivity contribution in [2.75, 3.05) is 98.5 Å². The van der Waals surface area contributed by atoms with Crippen LogP contribution >= 0.6 is 11.8 Å². The summed E-state index contributed by atoms with van der Waals surface area (Å²) in [5.41, 5.74) is 0. The summed E-state index contributed by atoms with van der Waals surface area (Å²) < 4.78 is 27.2. The van der Waals surface area contributed by atoms with Crippen LogP contribution in [0.15, 0.2) is 0 Å². The van der Waals surface area contributed by atoms with Gasteiger partial charge in [0.1, 0.15) is 0 Å². The monoisotopic (exact) mass is 480 g/mol. The maximum Gasteiger partial charge on any atom is 0.230 e. The van der Waals surface area contributed by atoms with Gasteiger partial charge in [-0.25, -0.2) is 0 Å². The minimum Gasteiger partial charge on any atom is -0.380 e. The van der Waals surface area contributed by atoms with E-state index in [-0.39, 0.29) is 10.7 Å². The molecule has 0 saturated carbocycles. The first-order valence-electron chi connectivity index (χ1n) is 11.9. The molecule has 192 valence electrons. The van der Waals surface area contributed by atoms with Crippen LogP contribution in [-0.2, 0) is 28.5 Å². The van der Waals surface area contributed by atoms with Crippen LogP contribution in [0.4, 0.5) is 0 Å². The van der Waals surface area contributed by atoms with E-state index in [9.17, 15) is 4.79 Å². The molecule has 0 unspecified atom stereocenters. The lowest BCUT2D eigenvalue weighted by molar-refractivity contribution is -0.118. The van der Waals surface area contributed by atoms with Crippen molar-refractivity contribution < 1.29 is 28.5 Å². The minimum atomic E-state index is -0.00205. The number of likely N-dealkylation sites (N-methyl/N-ethyl adjacent to an activating group) is 1. The second-order valence-corrected chi connectivity index (χ2v) is 9.82. The molecule has 0 aliphatic carbocycles. The third-order valence-corrected chi connectivity index (χ3v) is 5.71. The molecule has 0 fully saturated rings. The van der Waals surface area contributed by atoms with Gasteiger partial charge in [0.05, 0.1) is 58.6 Å². The molecule has 0 heterocycles. The lowest BCUT2D eigenvalue weighted by atomic mass is 10.2. The van der Waals surface area contributed by atoms with Gasteiger partial charge in [-0.3, -0.25) is 4.79 Å².